The first-order valence-electron chi connectivity index (χ1n) is 7.17. The molecule has 1 unspecified atom stereocenters. The summed E-state index contributed by atoms with van der Waals surface area (Å²) in [5.74, 6) is 0.908. The Morgan fingerprint density at radius 1 is 1.38 bits per heavy atom. The van der Waals surface area contributed by atoms with E-state index in [-0.39, 0.29) is 6.04 Å². The number of nitrogens with one attached hydrogen (secondary N) is 1. The molecular formula is C16H22BrN3O. The maximum Gasteiger partial charge on any atom is 0.131 e. The Kier molecular flexibility index (Phi) is 5.42. The van der Waals surface area contributed by atoms with E-state index < -0.39 is 0 Å². The lowest BCUT2D eigenvalue weighted by molar-refractivity contribution is 0.288. The highest BCUT2D eigenvalue weighted by atomic mass is 79.9. The number of aromatic nitrogens is 2. The van der Waals surface area contributed by atoms with Gasteiger partial charge in [-0.3, -0.25) is 4.68 Å². The molecule has 0 bridgehead atoms. The molecule has 0 aliphatic heterocycles. The summed E-state index contributed by atoms with van der Waals surface area (Å²) in [6.07, 6.45) is 0.905. The van der Waals surface area contributed by atoms with Gasteiger partial charge in [-0.15, -0.1) is 0 Å². The fourth-order valence-corrected chi connectivity index (χ4v) is 2.98. The average Bonchev–Trinajstić information content (AvgIpc) is 2.79. The van der Waals surface area contributed by atoms with Gasteiger partial charge in [-0.2, -0.15) is 5.10 Å². The van der Waals surface area contributed by atoms with Crippen LogP contribution in [0.25, 0.3) is 0 Å². The Bertz CT molecular complexity index is 610. The molecular weight excluding hydrogens is 330 g/mol. The van der Waals surface area contributed by atoms with Gasteiger partial charge in [0.25, 0.3) is 0 Å². The monoisotopic (exact) mass is 351 g/mol. The minimum absolute atomic E-state index is 0.252. The molecule has 1 heterocycles. The van der Waals surface area contributed by atoms with Crippen molar-refractivity contribution in [2.45, 2.75) is 32.9 Å². The van der Waals surface area contributed by atoms with Gasteiger partial charge in [0, 0.05) is 18.7 Å². The highest BCUT2D eigenvalue weighted by Gasteiger charge is 2.15. The molecule has 0 amide bonds. The second-order valence-electron chi connectivity index (χ2n) is 5.02. The van der Waals surface area contributed by atoms with Gasteiger partial charge in [0.1, 0.15) is 12.4 Å². The second kappa shape index (κ2) is 7.09. The summed E-state index contributed by atoms with van der Waals surface area (Å²) in [4.78, 5) is 0. The van der Waals surface area contributed by atoms with Crippen molar-refractivity contribution < 1.29 is 4.74 Å². The zero-order valence-corrected chi connectivity index (χ0v) is 14.6. The number of nitrogens with zero attached hydrogens (tertiary/aromatic N) is 2. The van der Waals surface area contributed by atoms with Crippen molar-refractivity contribution >= 4 is 15.9 Å². The van der Waals surface area contributed by atoms with Crippen LogP contribution in [-0.2, 0) is 20.1 Å². The molecule has 0 saturated carbocycles. The van der Waals surface area contributed by atoms with Crippen molar-refractivity contribution in [1.29, 1.82) is 0 Å². The summed E-state index contributed by atoms with van der Waals surface area (Å²) in [5.41, 5.74) is 3.28. The van der Waals surface area contributed by atoms with E-state index in [2.05, 4.69) is 46.3 Å². The van der Waals surface area contributed by atoms with Crippen LogP contribution < -0.4 is 10.1 Å². The van der Waals surface area contributed by atoms with Gasteiger partial charge in [0.2, 0.25) is 0 Å². The fourth-order valence-electron chi connectivity index (χ4n) is 2.25. The smallest absolute Gasteiger partial charge is 0.131 e. The quantitative estimate of drug-likeness (QED) is 0.863. The molecule has 2 aromatic rings. The van der Waals surface area contributed by atoms with E-state index >= 15 is 0 Å². The third-order valence-electron chi connectivity index (χ3n) is 3.69. The van der Waals surface area contributed by atoms with Crippen LogP contribution in [0.2, 0.25) is 0 Å². The number of rotatable bonds is 6. The first kappa shape index (κ1) is 16.0. The molecule has 0 spiro atoms. The minimum atomic E-state index is 0.252. The molecule has 114 valence electrons. The molecule has 1 aromatic carbocycles. The summed E-state index contributed by atoms with van der Waals surface area (Å²) in [5, 5.41) is 7.74. The van der Waals surface area contributed by atoms with Crippen LogP contribution in [-0.4, -0.2) is 16.8 Å². The molecule has 0 fully saturated rings. The van der Waals surface area contributed by atoms with Gasteiger partial charge in [-0.05, 0) is 42.4 Å². The van der Waals surface area contributed by atoms with Gasteiger partial charge < -0.3 is 10.1 Å². The van der Waals surface area contributed by atoms with E-state index in [1.165, 1.54) is 0 Å². The average molecular weight is 352 g/mol. The highest BCUT2D eigenvalue weighted by molar-refractivity contribution is 9.10. The lowest BCUT2D eigenvalue weighted by Gasteiger charge is -2.16. The molecule has 0 saturated heterocycles. The van der Waals surface area contributed by atoms with Crippen molar-refractivity contribution in [2.24, 2.45) is 7.05 Å². The predicted octanol–water partition coefficient (Wildman–Crippen LogP) is 3.60. The molecule has 4 nitrogen and oxygen atoms in total. The SMILES string of the molecule is CCc1nn(C)c(COc2ccccc2C(C)NC)c1Br. The summed E-state index contributed by atoms with van der Waals surface area (Å²) < 4.78 is 8.96. The highest BCUT2D eigenvalue weighted by Crippen LogP contribution is 2.27. The molecule has 2 rings (SSSR count). The fraction of sp³-hybridized carbons (Fsp3) is 0.438. The van der Waals surface area contributed by atoms with E-state index in [1.54, 1.807) is 0 Å². The molecule has 21 heavy (non-hydrogen) atoms. The van der Waals surface area contributed by atoms with Gasteiger partial charge in [-0.1, -0.05) is 25.1 Å². The third-order valence-corrected chi connectivity index (χ3v) is 4.60. The standard InChI is InChI=1S/C16H22BrN3O/c1-5-13-16(17)14(20(4)19-13)10-21-15-9-7-6-8-12(15)11(2)18-3/h6-9,11,18H,5,10H2,1-4H3. The molecule has 0 aliphatic carbocycles. The summed E-state index contributed by atoms with van der Waals surface area (Å²) in [6.45, 7) is 4.72. The van der Waals surface area contributed by atoms with E-state index in [9.17, 15) is 0 Å². The molecule has 1 N–H and O–H groups in total. The number of aryl methyl sites for hydroxylation is 2. The topological polar surface area (TPSA) is 39.1 Å². The Morgan fingerprint density at radius 3 is 2.71 bits per heavy atom. The van der Waals surface area contributed by atoms with Crippen molar-refractivity contribution in [3.8, 4) is 5.75 Å². The number of para-hydroxylation sites is 1. The van der Waals surface area contributed by atoms with Crippen LogP contribution in [0.15, 0.2) is 28.7 Å². The first-order chi connectivity index (χ1) is 10.1. The van der Waals surface area contributed by atoms with Crippen LogP contribution in [0, 0.1) is 0 Å². The molecule has 0 aliphatic rings. The normalized spacial score (nSPS) is 12.4. The van der Waals surface area contributed by atoms with Crippen molar-refractivity contribution in [3.05, 3.63) is 45.7 Å². The predicted molar refractivity (Wildman–Crippen MR) is 88.5 cm³/mol. The van der Waals surface area contributed by atoms with Gasteiger partial charge in [0.15, 0.2) is 0 Å². The van der Waals surface area contributed by atoms with Crippen molar-refractivity contribution in [1.82, 2.24) is 15.1 Å². The van der Waals surface area contributed by atoms with E-state index in [0.29, 0.717) is 6.61 Å². The lowest BCUT2D eigenvalue weighted by atomic mass is 10.1. The van der Waals surface area contributed by atoms with Crippen LogP contribution in [0.5, 0.6) is 5.75 Å². The number of halogens is 1. The Labute approximate surface area is 134 Å². The third kappa shape index (κ3) is 3.47. The second-order valence-corrected chi connectivity index (χ2v) is 5.81. The Morgan fingerprint density at radius 2 is 2.10 bits per heavy atom. The number of ether oxygens (including phenoxy) is 1. The number of hydrogen-bond acceptors (Lipinski definition) is 3. The van der Waals surface area contributed by atoms with Crippen molar-refractivity contribution in [2.75, 3.05) is 7.05 Å². The molecule has 1 aromatic heterocycles. The number of hydrogen-bond donors (Lipinski definition) is 1. The maximum atomic E-state index is 6.03. The molecule has 1 atom stereocenters. The molecule has 5 heteroatoms. The van der Waals surface area contributed by atoms with E-state index in [4.69, 9.17) is 4.74 Å². The molecule has 0 radical (unpaired) electrons. The Hall–Kier alpha value is -1.33. The van der Waals surface area contributed by atoms with Crippen molar-refractivity contribution in [3.63, 3.8) is 0 Å². The lowest BCUT2D eigenvalue weighted by Crippen LogP contribution is -2.14. The summed E-state index contributed by atoms with van der Waals surface area (Å²) in [7, 11) is 3.90. The zero-order valence-electron chi connectivity index (χ0n) is 13.0. The van der Waals surface area contributed by atoms with Gasteiger partial charge >= 0.3 is 0 Å². The number of benzene rings is 1. The Balaban J connectivity index is 2.19. The van der Waals surface area contributed by atoms with Crippen LogP contribution in [0.1, 0.15) is 36.8 Å². The zero-order chi connectivity index (χ0) is 15.4. The van der Waals surface area contributed by atoms with Crippen LogP contribution >= 0.6 is 15.9 Å². The maximum absolute atomic E-state index is 6.03. The van der Waals surface area contributed by atoms with Gasteiger partial charge in [-0.25, -0.2) is 0 Å². The van der Waals surface area contributed by atoms with E-state index in [1.807, 2.05) is 37.0 Å². The summed E-state index contributed by atoms with van der Waals surface area (Å²) >= 11 is 3.62. The van der Waals surface area contributed by atoms with E-state index in [0.717, 1.165) is 33.6 Å². The largest absolute Gasteiger partial charge is 0.487 e. The van der Waals surface area contributed by atoms with Gasteiger partial charge in [0.05, 0.1) is 15.9 Å². The summed E-state index contributed by atoms with van der Waals surface area (Å²) in [6, 6.07) is 8.38. The van der Waals surface area contributed by atoms with Crippen LogP contribution in [0.4, 0.5) is 0 Å². The first-order valence-corrected chi connectivity index (χ1v) is 7.97. The van der Waals surface area contributed by atoms with Crippen LogP contribution in [0.3, 0.4) is 0 Å². The minimum Gasteiger partial charge on any atom is -0.487 e.